The van der Waals surface area contributed by atoms with Crippen molar-refractivity contribution in [3.05, 3.63) is 22.4 Å². The SMILES string of the molecule is C[C@H](NC(=O)N1CCN([C@H](C)c2ccsc2)CC1)[C@H]1CCOC1. The molecule has 0 bridgehead atoms. The molecule has 3 heterocycles. The monoisotopic (exact) mass is 337 g/mol. The molecule has 1 aromatic heterocycles. The summed E-state index contributed by atoms with van der Waals surface area (Å²) in [6, 6.07) is 2.89. The molecule has 0 radical (unpaired) electrons. The fraction of sp³-hybridized carbons (Fsp3) is 0.706. The van der Waals surface area contributed by atoms with Crippen molar-refractivity contribution in [3.63, 3.8) is 0 Å². The molecule has 6 heteroatoms. The summed E-state index contributed by atoms with van der Waals surface area (Å²) in [6.45, 7) is 9.41. The predicted octanol–water partition coefficient (Wildman–Crippen LogP) is 2.56. The Morgan fingerprint density at radius 2 is 2.13 bits per heavy atom. The highest BCUT2D eigenvalue weighted by atomic mass is 32.1. The molecule has 1 N–H and O–H groups in total. The third-order valence-corrected chi connectivity index (χ3v) is 5.90. The van der Waals surface area contributed by atoms with Gasteiger partial charge in [-0.2, -0.15) is 11.3 Å². The number of hydrogen-bond donors (Lipinski definition) is 1. The number of nitrogens with one attached hydrogen (secondary N) is 1. The van der Waals surface area contributed by atoms with Crippen molar-refractivity contribution in [3.8, 4) is 0 Å². The molecule has 3 rings (SSSR count). The van der Waals surface area contributed by atoms with Crippen molar-refractivity contribution in [2.45, 2.75) is 32.4 Å². The van der Waals surface area contributed by atoms with Gasteiger partial charge in [0.15, 0.2) is 0 Å². The lowest BCUT2D eigenvalue weighted by Crippen LogP contribution is -2.54. The molecule has 2 aliphatic rings. The Morgan fingerprint density at radius 3 is 2.74 bits per heavy atom. The minimum atomic E-state index is 0.0761. The van der Waals surface area contributed by atoms with Crippen LogP contribution in [0.2, 0.25) is 0 Å². The van der Waals surface area contributed by atoms with Gasteiger partial charge in [-0.15, -0.1) is 0 Å². The molecule has 0 aromatic carbocycles. The molecule has 2 fully saturated rings. The van der Waals surface area contributed by atoms with E-state index in [1.165, 1.54) is 5.56 Å². The predicted molar refractivity (Wildman–Crippen MR) is 92.8 cm³/mol. The van der Waals surface area contributed by atoms with Gasteiger partial charge in [0.1, 0.15) is 0 Å². The van der Waals surface area contributed by atoms with Crippen LogP contribution in [0.5, 0.6) is 0 Å². The van der Waals surface area contributed by atoms with Crippen LogP contribution in [0.1, 0.15) is 31.9 Å². The Kier molecular flexibility index (Phi) is 5.56. The maximum Gasteiger partial charge on any atom is 0.317 e. The van der Waals surface area contributed by atoms with Crippen LogP contribution in [0, 0.1) is 5.92 Å². The molecule has 0 unspecified atom stereocenters. The van der Waals surface area contributed by atoms with Crippen LogP contribution in [0.4, 0.5) is 4.79 Å². The Balaban J connectivity index is 1.45. The number of nitrogens with zero attached hydrogens (tertiary/aromatic N) is 2. The summed E-state index contributed by atoms with van der Waals surface area (Å²) in [5.74, 6) is 0.457. The van der Waals surface area contributed by atoms with E-state index < -0.39 is 0 Å². The van der Waals surface area contributed by atoms with Crippen LogP contribution < -0.4 is 5.32 Å². The van der Waals surface area contributed by atoms with Gasteiger partial charge >= 0.3 is 6.03 Å². The molecule has 3 atom stereocenters. The van der Waals surface area contributed by atoms with Gasteiger partial charge in [-0.25, -0.2) is 4.79 Å². The Morgan fingerprint density at radius 1 is 1.35 bits per heavy atom. The van der Waals surface area contributed by atoms with Gasteiger partial charge in [0.25, 0.3) is 0 Å². The van der Waals surface area contributed by atoms with Crippen LogP contribution in [0.3, 0.4) is 0 Å². The van der Waals surface area contributed by atoms with Crippen molar-refractivity contribution in [1.82, 2.24) is 15.1 Å². The lowest BCUT2D eigenvalue weighted by molar-refractivity contribution is 0.111. The van der Waals surface area contributed by atoms with E-state index in [1.54, 1.807) is 11.3 Å². The van der Waals surface area contributed by atoms with E-state index in [4.69, 9.17) is 4.74 Å². The first-order valence-electron chi connectivity index (χ1n) is 8.54. The van der Waals surface area contributed by atoms with Crippen LogP contribution in [0.15, 0.2) is 16.8 Å². The standard InChI is InChI=1S/C17H27N3O2S/c1-13(15-3-9-22-11-15)18-17(21)20-7-5-19(6-8-20)14(2)16-4-10-23-12-16/h4,10,12-15H,3,5-9,11H2,1-2H3,(H,18,21)/t13-,14+,15-/m0/s1. The van der Waals surface area contributed by atoms with Gasteiger partial charge < -0.3 is 15.0 Å². The van der Waals surface area contributed by atoms with E-state index >= 15 is 0 Å². The average molecular weight is 337 g/mol. The third kappa shape index (κ3) is 4.05. The van der Waals surface area contributed by atoms with Gasteiger partial charge in [0.05, 0.1) is 6.61 Å². The number of piperazine rings is 1. The summed E-state index contributed by atoms with van der Waals surface area (Å²) in [5.41, 5.74) is 1.38. The molecular formula is C17H27N3O2S. The summed E-state index contributed by atoms with van der Waals surface area (Å²) in [5, 5.41) is 7.50. The number of carbonyl (C=O) groups is 1. The first kappa shape index (κ1) is 16.7. The van der Waals surface area contributed by atoms with Gasteiger partial charge in [0.2, 0.25) is 0 Å². The Hall–Kier alpha value is -1.11. The maximum absolute atomic E-state index is 12.4. The van der Waals surface area contributed by atoms with Gasteiger partial charge in [0, 0.05) is 50.8 Å². The molecule has 23 heavy (non-hydrogen) atoms. The number of ether oxygens (including phenoxy) is 1. The van der Waals surface area contributed by atoms with Gasteiger partial charge in [-0.3, -0.25) is 4.90 Å². The first-order valence-corrected chi connectivity index (χ1v) is 9.48. The summed E-state index contributed by atoms with van der Waals surface area (Å²) in [6.07, 6.45) is 1.05. The van der Waals surface area contributed by atoms with Crippen molar-refractivity contribution in [2.75, 3.05) is 39.4 Å². The van der Waals surface area contributed by atoms with E-state index in [9.17, 15) is 4.79 Å². The van der Waals surface area contributed by atoms with Crippen molar-refractivity contribution in [1.29, 1.82) is 0 Å². The number of urea groups is 1. The number of carbonyl (C=O) groups excluding carboxylic acids is 1. The molecule has 2 aliphatic heterocycles. The topological polar surface area (TPSA) is 44.8 Å². The largest absolute Gasteiger partial charge is 0.381 e. The lowest BCUT2D eigenvalue weighted by Gasteiger charge is -2.38. The summed E-state index contributed by atoms with van der Waals surface area (Å²) in [4.78, 5) is 16.8. The zero-order valence-electron chi connectivity index (χ0n) is 14.0. The van der Waals surface area contributed by atoms with E-state index in [0.717, 1.165) is 45.8 Å². The van der Waals surface area contributed by atoms with Gasteiger partial charge in [-0.1, -0.05) is 0 Å². The molecule has 2 amide bonds. The second-order valence-corrected chi connectivity index (χ2v) is 7.40. The van der Waals surface area contributed by atoms with Gasteiger partial charge in [-0.05, 0) is 42.7 Å². The van der Waals surface area contributed by atoms with E-state index in [1.807, 2.05) is 4.90 Å². The molecule has 0 spiro atoms. The molecule has 0 saturated carbocycles. The fourth-order valence-corrected chi connectivity index (χ4v) is 4.13. The van der Waals surface area contributed by atoms with Crippen LogP contribution >= 0.6 is 11.3 Å². The number of amides is 2. The van der Waals surface area contributed by atoms with Crippen molar-refractivity contribution < 1.29 is 9.53 Å². The fourth-order valence-electron chi connectivity index (χ4n) is 3.39. The molecule has 5 nitrogen and oxygen atoms in total. The molecule has 128 valence electrons. The van der Waals surface area contributed by atoms with Crippen molar-refractivity contribution >= 4 is 17.4 Å². The number of thiophene rings is 1. The molecule has 2 saturated heterocycles. The zero-order chi connectivity index (χ0) is 16.2. The maximum atomic E-state index is 12.4. The minimum absolute atomic E-state index is 0.0761. The lowest BCUT2D eigenvalue weighted by atomic mass is 10.0. The highest BCUT2D eigenvalue weighted by Crippen LogP contribution is 2.23. The Labute approximate surface area is 142 Å². The summed E-state index contributed by atoms with van der Waals surface area (Å²) < 4.78 is 5.41. The van der Waals surface area contributed by atoms with Crippen LogP contribution in [-0.2, 0) is 4.74 Å². The summed E-state index contributed by atoms with van der Waals surface area (Å²) >= 11 is 1.74. The summed E-state index contributed by atoms with van der Waals surface area (Å²) in [7, 11) is 0. The molecule has 0 aliphatic carbocycles. The smallest absolute Gasteiger partial charge is 0.317 e. The minimum Gasteiger partial charge on any atom is -0.381 e. The van der Waals surface area contributed by atoms with E-state index in [-0.39, 0.29) is 12.1 Å². The number of rotatable bonds is 4. The second kappa shape index (κ2) is 7.64. The third-order valence-electron chi connectivity index (χ3n) is 5.20. The van der Waals surface area contributed by atoms with E-state index in [2.05, 4.69) is 40.9 Å². The van der Waals surface area contributed by atoms with E-state index in [0.29, 0.717) is 12.0 Å². The molecule has 1 aromatic rings. The Bertz CT molecular complexity index is 494. The van der Waals surface area contributed by atoms with Crippen LogP contribution in [0.25, 0.3) is 0 Å². The quantitative estimate of drug-likeness (QED) is 0.918. The number of hydrogen-bond acceptors (Lipinski definition) is 4. The highest BCUT2D eigenvalue weighted by Gasteiger charge is 2.28. The first-order chi connectivity index (χ1) is 11.1. The molecular weight excluding hydrogens is 310 g/mol. The second-order valence-electron chi connectivity index (χ2n) is 6.62. The van der Waals surface area contributed by atoms with Crippen molar-refractivity contribution in [2.24, 2.45) is 5.92 Å². The zero-order valence-corrected chi connectivity index (χ0v) is 14.8. The highest BCUT2D eigenvalue weighted by molar-refractivity contribution is 7.07. The normalized spacial score (nSPS) is 25.3. The van der Waals surface area contributed by atoms with Crippen LogP contribution in [-0.4, -0.2) is 61.3 Å². The average Bonchev–Trinajstić information content (AvgIpc) is 3.27.